The molecule has 1 aromatic rings. The van der Waals surface area contributed by atoms with Gasteiger partial charge in [0.25, 0.3) is 0 Å². The topological polar surface area (TPSA) is 38.8 Å². The number of amides is 1. The van der Waals surface area contributed by atoms with Crippen LogP contribution in [0.25, 0.3) is 0 Å². The second-order valence-corrected chi connectivity index (χ2v) is 6.30. The van der Waals surface area contributed by atoms with Gasteiger partial charge >= 0.3 is 0 Å². The molecular weight excluding hydrogens is 266 g/mol. The summed E-state index contributed by atoms with van der Waals surface area (Å²) in [6, 6.07) is 6.54. The normalized spacial score (nSPS) is 27.7. The monoisotopic (exact) mass is 287 g/mol. The van der Waals surface area contributed by atoms with Gasteiger partial charge in [-0.05, 0) is 30.0 Å². The molecule has 0 bridgehead atoms. The molecule has 2 saturated heterocycles. The Hall–Kier alpha value is -1.55. The third-order valence-corrected chi connectivity index (χ3v) is 4.96. The van der Waals surface area contributed by atoms with Gasteiger partial charge in [-0.2, -0.15) is 0 Å². The van der Waals surface area contributed by atoms with Crippen molar-refractivity contribution < 1.29 is 14.3 Å². The molecule has 0 aliphatic carbocycles. The summed E-state index contributed by atoms with van der Waals surface area (Å²) in [4.78, 5) is 14.5. The molecule has 0 N–H and O–H groups in total. The number of hydrogen-bond donors (Lipinski definition) is 0. The predicted molar refractivity (Wildman–Crippen MR) is 78.5 cm³/mol. The van der Waals surface area contributed by atoms with Gasteiger partial charge in [-0.1, -0.05) is 12.1 Å². The van der Waals surface area contributed by atoms with E-state index in [-0.39, 0.29) is 5.92 Å². The molecule has 0 aromatic heterocycles. The molecule has 4 heteroatoms. The zero-order valence-corrected chi connectivity index (χ0v) is 12.2. The highest BCUT2D eigenvalue weighted by Gasteiger charge is 2.33. The maximum Gasteiger partial charge on any atom is 0.228 e. The molecule has 1 amide bonds. The summed E-state index contributed by atoms with van der Waals surface area (Å²) < 4.78 is 10.9. The molecule has 0 unspecified atom stereocenters. The fraction of sp³-hybridized carbons (Fsp3) is 0.588. The highest BCUT2D eigenvalue weighted by atomic mass is 16.5. The van der Waals surface area contributed by atoms with Crippen molar-refractivity contribution in [3.63, 3.8) is 0 Å². The van der Waals surface area contributed by atoms with E-state index in [1.807, 2.05) is 4.90 Å². The Morgan fingerprint density at radius 3 is 3.05 bits per heavy atom. The van der Waals surface area contributed by atoms with Crippen LogP contribution >= 0.6 is 0 Å². The van der Waals surface area contributed by atoms with E-state index in [2.05, 4.69) is 18.2 Å². The number of nitrogens with zero attached hydrogens (tertiary/aromatic N) is 1. The largest absolute Gasteiger partial charge is 0.493 e. The van der Waals surface area contributed by atoms with Crippen molar-refractivity contribution in [3.05, 3.63) is 29.3 Å². The van der Waals surface area contributed by atoms with Gasteiger partial charge in [0, 0.05) is 32.0 Å². The van der Waals surface area contributed by atoms with E-state index in [4.69, 9.17) is 9.47 Å². The number of likely N-dealkylation sites (tertiary alicyclic amines) is 1. The summed E-state index contributed by atoms with van der Waals surface area (Å²) in [5.41, 5.74) is 2.68. The number of hydrogen-bond acceptors (Lipinski definition) is 3. The summed E-state index contributed by atoms with van der Waals surface area (Å²) in [5.74, 6) is 1.90. The second-order valence-electron chi connectivity index (χ2n) is 6.30. The fourth-order valence-corrected chi connectivity index (χ4v) is 3.68. The van der Waals surface area contributed by atoms with Crippen molar-refractivity contribution in [2.24, 2.45) is 5.92 Å². The minimum Gasteiger partial charge on any atom is -0.493 e. The van der Waals surface area contributed by atoms with Gasteiger partial charge in [0.1, 0.15) is 5.75 Å². The molecule has 0 radical (unpaired) electrons. The first-order chi connectivity index (χ1) is 10.3. The zero-order chi connectivity index (χ0) is 14.2. The van der Waals surface area contributed by atoms with Gasteiger partial charge in [-0.25, -0.2) is 0 Å². The highest BCUT2D eigenvalue weighted by Crippen LogP contribution is 2.33. The summed E-state index contributed by atoms with van der Waals surface area (Å²) in [7, 11) is 0. The first-order valence-electron chi connectivity index (χ1n) is 7.93. The summed E-state index contributed by atoms with van der Waals surface area (Å²) in [6.07, 6.45) is 2.97. The molecule has 0 saturated carbocycles. The lowest BCUT2D eigenvalue weighted by atomic mass is 9.96. The molecule has 4 nitrogen and oxygen atoms in total. The molecule has 3 heterocycles. The first-order valence-corrected chi connectivity index (χ1v) is 7.93. The molecule has 112 valence electrons. The number of carbonyl (C=O) groups excluding carboxylic acids is 1. The molecule has 2 fully saturated rings. The van der Waals surface area contributed by atoms with Crippen LogP contribution in [0, 0.1) is 5.92 Å². The Morgan fingerprint density at radius 2 is 2.19 bits per heavy atom. The van der Waals surface area contributed by atoms with Crippen molar-refractivity contribution in [2.45, 2.75) is 25.2 Å². The van der Waals surface area contributed by atoms with Crippen LogP contribution in [0.15, 0.2) is 18.2 Å². The molecule has 3 aliphatic rings. The molecule has 2 atom stereocenters. The van der Waals surface area contributed by atoms with E-state index in [1.54, 1.807) is 0 Å². The standard InChI is InChI=1S/C17H21NO3/c19-17(15-4-7-20-11-15)18-6-3-14(10-18)12-1-2-16-13(9-12)5-8-21-16/h1-2,9,14-15H,3-8,10-11H2/t14-,15+/m0/s1. The SMILES string of the molecule is O=C([C@@H]1CCOC1)N1CC[C@H](c2ccc3c(c2)CCO3)C1. The Morgan fingerprint density at radius 1 is 1.24 bits per heavy atom. The number of fused-ring (bicyclic) bond motifs is 1. The van der Waals surface area contributed by atoms with Crippen molar-refractivity contribution in [1.29, 1.82) is 0 Å². The van der Waals surface area contributed by atoms with Crippen LogP contribution in [0.2, 0.25) is 0 Å². The summed E-state index contributed by atoms with van der Waals surface area (Å²) in [6.45, 7) is 3.88. The lowest BCUT2D eigenvalue weighted by Gasteiger charge is -2.20. The fourth-order valence-electron chi connectivity index (χ4n) is 3.68. The van der Waals surface area contributed by atoms with Crippen LogP contribution in [0.1, 0.15) is 29.9 Å². The molecule has 21 heavy (non-hydrogen) atoms. The Bertz CT molecular complexity index is 551. The minimum absolute atomic E-state index is 0.0946. The van der Waals surface area contributed by atoms with E-state index < -0.39 is 0 Å². The van der Waals surface area contributed by atoms with Gasteiger partial charge in [0.05, 0.1) is 19.1 Å². The quantitative estimate of drug-likeness (QED) is 0.835. The van der Waals surface area contributed by atoms with E-state index in [0.29, 0.717) is 18.4 Å². The van der Waals surface area contributed by atoms with Gasteiger partial charge in [-0.3, -0.25) is 4.79 Å². The number of carbonyl (C=O) groups is 1. The molecule has 3 aliphatic heterocycles. The van der Waals surface area contributed by atoms with Crippen LogP contribution in [0.3, 0.4) is 0 Å². The van der Waals surface area contributed by atoms with Crippen LogP contribution in [0.5, 0.6) is 5.75 Å². The van der Waals surface area contributed by atoms with E-state index in [0.717, 1.165) is 51.3 Å². The molecule has 4 rings (SSSR count). The molecular formula is C17H21NO3. The molecule has 0 spiro atoms. The minimum atomic E-state index is 0.0946. The van der Waals surface area contributed by atoms with E-state index in [9.17, 15) is 4.79 Å². The van der Waals surface area contributed by atoms with Crippen molar-refractivity contribution >= 4 is 5.91 Å². The third kappa shape index (κ3) is 2.42. The number of ether oxygens (including phenoxy) is 2. The lowest BCUT2D eigenvalue weighted by Crippen LogP contribution is -2.34. The highest BCUT2D eigenvalue weighted by molar-refractivity contribution is 5.79. The number of rotatable bonds is 2. The zero-order valence-electron chi connectivity index (χ0n) is 12.2. The predicted octanol–water partition coefficient (Wildman–Crippen LogP) is 1.97. The Kier molecular flexibility index (Phi) is 3.34. The Balaban J connectivity index is 1.45. The summed E-state index contributed by atoms with van der Waals surface area (Å²) >= 11 is 0. The lowest BCUT2D eigenvalue weighted by molar-refractivity contribution is -0.134. The summed E-state index contributed by atoms with van der Waals surface area (Å²) in [5, 5.41) is 0. The molecule has 1 aromatic carbocycles. The second kappa shape index (κ2) is 5.34. The average Bonchev–Trinajstić information content (AvgIpc) is 3.25. The smallest absolute Gasteiger partial charge is 0.228 e. The van der Waals surface area contributed by atoms with Crippen LogP contribution in [-0.4, -0.2) is 43.7 Å². The van der Waals surface area contributed by atoms with Gasteiger partial charge in [0.15, 0.2) is 0 Å². The average molecular weight is 287 g/mol. The first kappa shape index (κ1) is 13.1. The maximum atomic E-state index is 12.4. The van der Waals surface area contributed by atoms with E-state index >= 15 is 0 Å². The van der Waals surface area contributed by atoms with Crippen molar-refractivity contribution in [2.75, 3.05) is 32.9 Å². The van der Waals surface area contributed by atoms with Crippen LogP contribution in [0.4, 0.5) is 0 Å². The van der Waals surface area contributed by atoms with Crippen molar-refractivity contribution in [3.8, 4) is 5.75 Å². The van der Waals surface area contributed by atoms with Gasteiger partial charge < -0.3 is 14.4 Å². The van der Waals surface area contributed by atoms with Crippen LogP contribution < -0.4 is 4.74 Å². The third-order valence-electron chi connectivity index (χ3n) is 4.96. The Labute approximate surface area is 125 Å². The van der Waals surface area contributed by atoms with Gasteiger partial charge in [0.2, 0.25) is 5.91 Å². The van der Waals surface area contributed by atoms with E-state index in [1.165, 1.54) is 11.1 Å². The van der Waals surface area contributed by atoms with Crippen molar-refractivity contribution in [1.82, 2.24) is 4.90 Å². The maximum absolute atomic E-state index is 12.4. The number of benzene rings is 1. The van der Waals surface area contributed by atoms with Crippen LogP contribution in [-0.2, 0) is 16.0 Å². The van der Waals surface area contributed by atoms with Gasteiger partial charge in [-0.15, -0.1) is 0 Å².